The normalized spacial score (nSPS) is 21.0. The third-order valence-corrected chi connectivity index (χ3v) is 9.63. The number of likely N-dealkylation sites (tertiary alicyclic amines) is 1. The van der Waals surface area contributed by atoms with Gasteiger partial charge in [-0.3, -0.25) is 4.79 Å². The van der Waals surface area contributed by atoms with Crippen LogP contribution in [0.5, 0.6) is 5.75 Å². The number of hydrogen-bond acceptors (Lipinski definition) is 7. The number of ether oxygens (including phenoxy) is 3. The lowest BCUT2D eigenvalue weighted by molar-refractivity contribution is -0.146. The van der Waals surface area contributed by atoms with Crippen LogP contribution in [0.25, 0.3) is 0 Å². The van der Waals surface area contributed by atoms with Crippen molar-refractivity contribution in [2.75, 3.05) is 26.3 Å². The summed E-state index contributed by atoms with van der Waals surface area (Å²) in [5.41, 5.74) is 2.16. The molecule has 4 rings (SSSR count). The fourth-order valence-electron chi connectivity index (χ4n) is 5.23. The van der Waals surface area contributed by atoms with Gasteiger partial charge in [-0.25, -0.2) is 4.79 Å². The molecular weight excluding hydrogens is 576 g/mol. The van der Waals surface area contributed by atoms with Crippen LogP contribution >= 0.6 is 11.6 Å². The molecule has 2 aliphatic heterocycles. The molecule has 8 nitrogen and oxygen atoms in total. The van der Waals surface area contributed by atoms with E-state index in [0.717, 1.165) is 11.1 Å². The number of nitrogens with zero attached hydrogens (tertiary/aromatic N) is 1. The van der Waals surface area contributed by atoms with Gasteiger partial charge >= 0.3 is 5.97 Å². The van der Waals surface area contributed by atoms with Gasteiger partial charge in [-0.1, -0.05) is 42.5 Å². The number of carbonyl (C=O) groups excluding carboxylic acids is 2. The van der Waals surface area contributed by atoms with Gasteiger partial charge in [-0.05, 0) is 76.3 Å². The van der Waals surface area contributed by atoms with Crippen LogP contribution in [0.3, 0.4) is 0 Å². The first kappa shape index (κ1) is 32.4. The Morgan fingerprint density at radius 1 is 1.21 bits per heavy atom. The number of hydrogen-bond donors (Lipinski definition) is 1. The molecule has 0 saturated carbocycles. The largest absolute Gasteiger partial charge is 0.598 e. The number of nitrogens with one attached hydrogen (secondary N) is 1. The SMILES string of the molecule is C=CCOc1cc(C)c(Cl)cc1C(N[S@@+]([O-])C(C)(C)C)C1CCN(C(=O)[C@@H]2OCC[C@@H]2OC(=O)c2ccccc2)CC1. The molecule has 1 N–H and O–H groups in total. The van der Waals surface area contributed by atoms with Crippen molar-refractivity contribution in [2.24, 2.45) is 5.92 Å². The molecule has 1 unspecified atom stereocenters. The minimum absolute atomic E-state index is 0.0569. The molecule has 42 heavy (non-hydrogen) atoms. The number of amides is 1. The van der Waals surface area contributed by atoms with Crippen molar-refractivity contribution in [1.82, 2.24) is 9.62 Å². The van der Waals surface area contributed by atoms with Crippen molar-refractivity contribution in [3.05, 3.63) is 76.8 Å². The molecule has 0 spiro atoms. The van der Waals surface area contributed by atoms with E-state index in [1.54, 1.807) is 35.2 Å². The molecule has 4 atom stereocenters. The lowest BCUT2D eigenvalue weighted by atomic mass is 9.85. The van der Waals surface area contributed by atoms with Crippen molar-refractivity contribution in [1.29, 1.82) is 0 Å². The zero-order valence-corrected chi connectivity index (χ0v) is 26.3. The highest BCUT2D eigenvalue weighted by Crippen LogP contribution is 2.40. The second-order valence-corrected chi connectivity index (χ2v) is 14.2. The second-order valence-electron chi connectivity index (χ2n) is 11.8. The fraction of sp³-hybridized carbons (Fsp3) is 0.500. The number of carbonyl (C=O) groups is 2. The van der Waals surface area contributed by atoms with Crippen molar-refractivity contribution >= 4 is 34.8 Å². The molecule has 0 aromatic heterocycles. The monoisotopic (exact) mass is 616 g/mol. The van der Waals surface area contributed by atoms with E-state index >= 15 is 0 Å². The average molecular weight is 617 g/mol. The van der Waals surface area contributed by atoms with Crippen molar-refractivity contribution < 1.29 is 28.4 Å². The summed E-state index contributed by atoms with van der Waals surface area (Å²) in [4.78, 5) is 28.0. The highest BCUT2D eigenvalue weighted by molar-refractivity contribution is 7.90. The Morgan fingerprint density at radius 3 is 2.55 bits per heavy atom. The summed E-state index contributed by atoms with van der Waals surface area (Å²) >= 11 is 5.21. The molecule has 1 amide bonds. The zero-order chi connectivity index (χ0) is 30.4. The predicted molar refractivity (Wildman–Crippen MR) is 165 cm³/mol. The number of aryl methyl sites for hydroxylation is 1. The Balaban J connectivity index is 1.48. The summed E-state index contributed by atoms with van der Waals surface area (Å²) in [6.45, 7) is 13.1. The van der Waals surface area contributed by atoms with Crippen LogP contribution < -0.4 is 9.46 Å². The summed E-state index contributed by atoms with van der Waals surface area (Å²) in [6.07, 6.45) is 2.02. The highest BCUT2D eigenvalue weighted by atomic mass is 35.5. The van der Waals surface area contributed by atoms with Crippen molar-refractivity contribution in [2.45, 2.75) is 70.0 Å². The zero-order valence-electron chi connectivity index (χ0n) is 24.8. The van der Waals surface area contributed by atoms with E-state index in [0.29, 0.717) is 61.9 Å². The van der Waals surface area contributed by atoms with Gasteiger partial charge in [0.25, 0.3) is 5.91 Å². The van der Waals surface area contributed by atoms with E-state index in [1.165, 1.54) is 0 Å². The Labute approximate surface area is 257 Å². The van der Waals surface area contributed by atoms with Gasteiger partial charge in [0.15, 0.2) is 6.10 Å². The van der Waals surface area contributed by atoms with E-state index in [-0.39, 0.29) is 17.9 Å². The van der Waals surface area contributed by atoms with E-state index < -0.39 is 34.3 Å². The maximum Gasteiger partial charge on any atom is 0.338 e. The molecule has 10 heteroatoms. The van der Waals surface area contributed by atoms with Crippen LogP contribution in [-0.4, -0.2) is 64.6 Å². The first-order valence-corrected chi connectivity index (χ1v) is 15.9. The molecule has 2 fully saturated rings. The standard InChI is InChI=1S/C32H41ClN2O6S/c1-6-17-39-27-19-21(2)25(33)20-24(27)28(34-42(38)32(3,4)5)22-12-15-35(16-13-22)30(36)29-26(14-18-40-29)41-31(37)23-10-8-7-9-11-23/h6-11,19-20,22,26,28-29,34H,1,12-18H2,2-5H3/t26-,28?,29+,42-/m0/s1. The fourth-order valence-corrected chi connectivity index (χ4v) is 6.30. The van der Waals surface area contributed by atoms with Crippen LogP contribution in [0.1, 0.15) is 67.6 Å². The van der Waals surface area contributed by atoms with Crippen LogP contribution in [0.4, 0.5) is 0 Å². The second kappa shape index (κ2) is 14.3. The topological polar surface area (TPSA) is 100 Å². The van der Waals surface area contributed by atoms with Crippen molar-refractivity contribution in [3.63, 3.8) is 0 Å². The number of benzene rings is 2. The Hall–Kier alpha value is -2.56. The molecule has 2 saturated heterocycles. The Bertz CT molecular complexity index is 1250. The van der Waals surface area contributed by atoms with E-state index in [2.05, 4.69) is 11.3 Å². The molecule has 0 aliphatic carbocycles. The van der Waals surface area contributed by atoms with Gasteiger partial charge in [0, 0.05) is 41.5 Å². The first-order chi connectivity index (χ1) is 20.0. The molecule has 2 heterocycles. The maximum absolute atomic E-state index is 13.5. The molecule has 2 aliphatic rings. The minimum Gasteiger partial charge on any atom is -0.598 e. The van der Waals surface area contributed by atoms with Crippen LogP contribution in [0, 0.1) is 12.8 Å². The molecule has 2 aromatic carbocycles. The van der Waals surface area contributed by atoms with Crippen molar-refractivity contribution in [3.8, 4) is 5.75 Å². The third kappa shape index (κ3) is 7.88. The number of esters is 1. The summed E-state index contributed by atoms with van der Waals surface area (Å²) in [6, 6.07) is 12.2. The van der Waals surface area contributed by atoms with Crippen LogP contribution in [0.2, 0.25) is 5.02 Å². The summed E-state index contributed by atoms with van der Waals surface area (Å²) < 4.78 is 33.7. The van der Waals surface area contributed by atoms with Gasteiger partial charge in [0.2, 0.25) is 0 Å². The molecule has 228 valence electrons. The molecular formula is C32H41ClN2O6S. The van der Waals surface area contributed by atoms with Crippen LogP contribution in [0.15, 0.2) is 55.1 Å². The maximum atomic E-state index is 13.5. The van der Waals surface area contributed by atoms with Gasteiger partial charge in [-0.15, -0.1) is 4.72 Å². The quantitative estimate of drug-likeness (QED) is 0.212. The predicted octanol–water partition coefficient (Wildman–Crippen LogP) is 5.56. The van der Waals surface area contributed by atoms with Gasteiger partial charge < -0.3 is 23.7 Å². The van der Waals surface area contributed by atoms with E-state index in [4.69, 9.17) is 25.8 Å². The summed E-state index contributed by atoms with van der Waals surface area (Å²) in [5.74, 6) is 0.0881. The molecule has 0 radical (unpaired) electrons. The average Bonchev–Trinajstić information content (AvgIpc) is 3.44. The molecule has 0 bridgehead atoms. The Morgan fingerprint density at radius 2 is 1.90 bits per heavy atom. The lowest BCUT2D eigenvalue weighted by Crippen LogP contribution is -2.50. The Kier molecular flexibility index (Phi) is 11.0. The third-order valence-electron chi connectivity index (χ3n) is 7.64. The van der Waals surface area contributed by atoms with Gasteiger partial charge in [0.1, 0.15) is 23.2 Å². The van der Waals surface area contributed by atoms with E-state index in [9.17, 15) is 14.1 Å². The summed E-state index contributed by atoms with van der Waals surface area (Å²) in [7, 11) is 0. The molecule has 2 aromatic rings. The van der Waals surface area contributed by atoms with Gasteiger partial charge in [-0.2, -0.15) is 0 Å². The number of piperidine rings is 1. The highest BCUT2D eigenvalue weighted by Gasteiger charge is 2.42. The summed E-state index contributed by atoms with van der Waals surface area (Å²) in [5, 5.41) is 0.603. The van der Waals surface area contributed by atoms with Crippen LogP contribution in [-0.2, 0) is 25.6 Å². The number of rotatable bonds is 10. The van der Waals surface area contributed by atoms with E-state index in [1.807, 2.05) is 45.9 Å². The van der Waals surface area contributed by atoms with Gasteiger partial charge in [0.05, 0.1) is 18.2 Å². The minimum atomic E-state index is -1.36. The number of halogens is 1. The lowest BCUT2D eigenvalue weighted by Gasteiger charge is -2.39. The smallest absolute Gasteiger partial charge is 0.338 e. The first-order valence-electron chi connectivity index (χ1n) is 14.4.